The first kappa shape index (κ1) is 8.66. The number of rotatable bonds is 5. The minimum absolute atomic E-state index is 0.424. The van der Waals surface area contributed by atoms with Crippen LogP contribution in [0.2, 0.25) is 0 Å². The SMILES string of the molecule is C=CCNC(C)COC. The maximum Gasteiger partial charge on any atom is 0.0613 e. The Morgan fingerprint density at radius 1 is 1.78 bits per heavy atom. The lowest BCUT2D eigenvalue weighted by Crippen LogP contribution is -2.29. The van der Waals surface area contributed by atoms with Crippen molar-refractivity contribution >= 4 is 0 Å². The number of methoxy groups -OCH3 is 1. The summed E-state index contributed by atoms with van der Waals surface area (Å²) in [6.07, 6.45) is 1.84. The van der Waals surface area contributed by atoms with Gasteiger partial charge in [0.15, 0.2) is 0 Å². The number of hydrogen-bond donors (Lipinski definition) is 1. The zero-order valence-electron chi connectivity index (χ0n) is 6.18. The van der Waals surface area contributed by atoms with Gasteiger partial charge in [-0.1, -0.05) is 6.08 Å². The number of ether oxygens (including phenoxy) is 1. The molecular formula is C7H15NO. The van der Waals surface area contributed by atoms with Gasteiger partial charge in [0.05, 0.1) is 6.61 Å². The van der Waals surface area contributed by atoms with Gasteiger partial charge in [0.1, 0.15) is 0 Å². The third kappa shape index (κ3) is 5.53. The molecule has 0 fully saturated rings. The summed E-state index contributed by atoms with van der Waals surface area (Å²) < 4.78 is 4.90. The second-order valence-electron chi connectivity index (χ2n) is 2.05. The van der Waals surface area contributed by atoms with Crippen LogP contribution in [0.4, 0.5) is 0 Å². The summed E-state index contributed by atoms with van der Waals surface area (Å²) in [6, 6.07) is 0.424. The van der Waals surface area contributed by atoms with Crippen molar-refractivity contribution in [3.8, 4) is 0 Å². The van der Waals surface area contributed by atoms with Gasteiger partial charge in [-0.05, 0) is 6.92 Å². The molecule has 0 heterocycles. The Balaban J connectivity index is 3.04. The summed E-state index contributed by atoms with van der Waals surface area (Å²) in [5.74, 6) is 0. The van der Waals surface area contributed by atoms with Crippen molar-refractivity contribution in [1.29, 1.82) is 0 Å². The van der Waals surface area contributed by atoms with Crippen molar-refractivity contribution in [2.24, 2.45) is 0 Å². The minimum atomic E-state index is 0.424. The average Bonchev–Trinajstić information content (AvgIpc) is 1.85. The third-order valence-electron chi connectivity index (χ3n) is 1.03. The van der Waals surface area contributed by atoms with E-state index in [1.54, 1.807) is 7.11 Å². The van der Waals surface area contributed by atoms with Crippen LogP contribution in [0.3, 0.4) is 0 Å². The fraction of sp³-hybridized carbons (Fsp3) is 0.714. The highest BCUT2D eigenvalue weighted by molar-refractivity contribution is 4.72. The summed E-state index contributed by atoms with van der Waals surface area (Å²) >= 11 is 0. The van der Waals surface area contributed by atoms with Gasteiger partial charge in [0.2, 0.25) is 0 Å². The molecule has 0 aliphatic carbocycles. The lowest BCUT2D eigenvalue weighted by atomic mass is 10.3. The summed E-state index contributed by atoms with van der Waals surface area (Å²) in [5, 5.41) is 3.19. The van der Waals surface area contributed by atoms with Crippen molar-refractivity contribution in [1.82, 2.24) is 5.32 Å². The monoisotopic (exact) mass is 129 g/mol. The highest BCUT2D eigenvalue weighted by Crippen LogP contribution is 1.79. The van der Waals surface area contributed by atoms with Gasteiger partial charge >= 0.3 is 0 Å². The molecule has 0 saturated heterocycles. The zero-order valence-corrected chi connectivity index (χ0v) is 6.18. The van der Waals surface area contributed by atoms with Crippen molar-refractivity contribution in [2.75, 3.05) is 20.3 Å². The van der Waals surface area contributed by atoms with Crippen LogP contribution in [0.25, 0.3) is 0 Å². The number of nitrogens with one attached hydrogen (secondary N) is 1. The van der Waals surface area contributed by atoms with Gasteiger partial charge in [-0.25, -0.2) is 0 Å². The van der Waals surface area contributed by atoms with Gasteiger partial charge < -0.3 is 10.1 Å². The highest BCUT2D eigenvalue weighted by atomic mass is 16.5. The van der Waals surface area contributed by atoms with Gasteiger partial charge in [-0.2, -0.15) is 0 Å². The van der Waals surface area contributed by atoms with Crippen molar-refractivity contribution in [3.05, 3.63) is 12.7 Å². The fourth-order valence-corrected chi connectivity index (χ4v) is 0.593. The smallest absolute Gasteiger partial charge is 0.0613 e. The highest BCUT2D eigenvalue weighted by Gasteiger charge is 1.95. The zero-order chi connectivity index (χ0) is 7.11. The second kappa shape index (κ2) is 5.79. The topological polar surface area (TPSA) is 21.3 Å². The molecule has 0 rings (SSSR count). The van der Waals surface area contributed by atoms with Crippen LogP contribution >= 0.6 is 0 Å². The molecule has 0 radical (unpaired) electrons. The first-order valence-electron chi connectivity index (χ1n) is 3.14. The van der Waals surface area contributed by atoms with Crippen molar-refractivity contribution < 1.29 is 4.74 Å². The standard InChI is InChI=1S/C7H15NO/c1-4-5-8-7(2)6-9-3/h4,7-8H,1,5-6H2,2-3H3. The largest absolute Gasteiger partial charge is 0.383 e. The summed E-state index contributed by atoms with van der Waals surface area (Å²) in [4.78, 5) is 0. The van der Waals surface area contributed by atoms with Crippen LogP contribution in [0.5, 0.6) is 0 Å². The van der Waals surface area contributed by atoms with E-state index in [2.05, 4.69) is 18.8 Å². The van der Waals surface area contributed by atoms with E-state index in [4.69, 9.17) is 4.74 Å². The molecule has 0 spiro atoms. The Morgan fingerprint density at radius 2 is 2.44 bits per heavy atom. The number of hydrogen-bond acceptors (Lipinski definition) is 2. The normalized spacial score (nSPS) is 13.1. The lowest BCUT2D eigenvalue weighted by Gasteiger charge is -2.09. The summed E-state index contributed by atoms with van der Waals surface area (Å²) in [6.45, 7) is 7.28. The molecule has 0 aromatic carbocycles. The first-order valence-corrected chi connectivity index (χ1v) is 3.14. The molecule has 2 heteroatoms. The fourth-order valence-electron chi connectivity index (χ4n) is 0.593. The van der Waals surface area contributed by atoms with Crippen LogP contribution in [-0.4, -0.2) is 26.3 Å². The van der Waals surface area contributed by atoms with Crippen molar-refractivity contribution in [3.63, 3.8) is 0 Å². The van der Waals surface area contributed by atoms with E-state index < -0.39 is 0 Å². The van der Waals surface area contributed by atoms with Crippen LogP contribution in [0.1, 0.15) is 6.92 Å². The maximum absolute atomic E-state index is 4.90. The predicted octanol–water partition coefficient (Wildman–Crippen LogP) is 0.797. The molecule has 1 atom stereocenters. The molecular weight excluding hydrogens is 114 g/mol. The maximum atomic E-state index is 4.90. The Morgan fingerprint density at radius 3 is 2.89 bits per heavy atom. The second-order valence-corrected chi connectivity index (χ2v) is 2.05. The molecule has 54 valence electrons. The molecule has 0 aromatic heterocycles. The quantitative estimate of drug-likeness (QED) is 0.554. The molecule has 1 N–H and O–H groups in total. The van der Waals surface area contributed by atoms with Gasteiger partial charge in [-0.15, -0.1) is 6.58 Å². The van der Waals surface area contributed by atoms with Gasteiger partial charge in [0.25, 0.3) is 0 Å². The molecule has 0 saturated carbocycles. The molecule has 0 amide bonds. The van der Waals surface area contributed by atoms with E-state index in [1.807, 2.05) is 6.08 Å². The molecule has 0 aliphatic heterocycles. The van der Waals surface area contributed by atoms with E-state index >= 15 is 0 Å². The van der Waals surface area contributed by atoms with E-state index in [0.717, 1.165) is 13.2 Å². The molecule has 1 unspecified atom stereocenters. The third-order valence-corrected chi connectivity index (χ3v) is 1.03. The Labute approximate surface area is 56.9 Å². The molecule has 0 aliphatic rings. The van der Waals surface area contributed by atoms with Crippen LogP contribution in [-0.2, 0) is 4.74 Å². The molecule has 9 heavy (non-hydrogen) atoms. The lowest BCUT2D eigenvalue weighted by molar-refractivity contribution is 0.174. The van der Waals surface area contributed by atoms with E-state index in [9.17, 15) is 0 Å². The predicted molar refractivity (Wildman–Crippen MR) is 39.5 cm³/mol. The molecule has 0 aromatic rings. The molecule has 0 bridgehead atoms. The minimum Gasteiger partial charge on any atom is -0.383 e. The Bertz CT molecular complexity index is 73.3. The van der Waals surface area contributed by atoms with E-state index in [-0.39, 0.29) is 0 Å². The Kier molecular flexibility index (Phi) is 5.57. The summed E-state index contributed by atoms with van der Waals surface area (Å²) in [7, 11) is 1.70. The Hall–Kier alpha value is -0.340. The van der Waals surface area contributed by atoms with Gasteiger partial charge in [-0.3, -0.25) is 0 Å². The van der Waals surface area contributed by atoms with E-state index in [0.29, 0.717) is 6.04 Å². The molecule has 2 nitrogen and oxygen atoms in total. The van der Waals surface area contributed by atoms with Gasteiger partial charge in [0, 0.05) is 19.7 Å². The van der Waals surface area contributed by atoms with Crippen LogP contribution in [0, 0.1) is 0 Å². The van der Waals surface area contributed by atoms with Crippen molar-refractivity contribution in [2.45, 2.75) is 13.0 Å². The average molecular weight is 129 g/mol. The summed E-state index contributed by atoms with van der Waals surface area (Å²) in [5.41, 5.74) is 0. The van der Waals surface area contributed by atoms with E-state index in [1.165, 1.54) is 0 Å². The first-order chi connectivity index (χ1) is 4.31. The van der Waals surface area contributed by atoms with Crippen LogP contribution in [0.15, 0.2) is 12.7 Å². The van der Waals surface area contributed by atoms with Crippen LogP contribution < -0.4 is 5.32 Å².